The fraction of sp³-hybridized carbons (Fsp3) is 0.364. The molecule has 0 aromatic heterocycles. The first-order valence-electron chi connectivity index (χ1n) is 5.37. The molecule has 1 aromatic rings. The highest BCUT2D eigenvalue weighted by Crippen LogP contribution is 2.14. The van der Waals surface area contributed by atoms with E-state index in [0.717, 1.165) is 0 Å². The maximum Gasteiger partial charge on any atom is 0.0880 e. The molecule has 1 rings (SSSR count). The van der Waals surface area contributed by atoms with Crippen LogP contribution in [-0.2, 0) is 0 Å². The number of carboxylic acid groups (broad SMARTS) is 1. The molecule has 0 bridgehead atoms. The van der Waals surface area contributed by atoms with Gasteiger partial charge in [-0.2, -0.15) is 0 Å². The van der Waals surface area contributed by atoms with Gasteiger partial charge in [0, 0.05) is 0 Å². The highest BCUT2D eigenvalue weighted by atomic mass is 16.4. The molecular weight excluding hydrogens is 238 g/mol. The molecule has 0 aliphatic carbocycles. The number of aromatic carboxylic acids is 1. The number of carbonyl (C=O) groups is 1. The zero-order chi connectivity index (χ0) is 13.4. The van der Waals surface area contributed by atoms with Crippen molar-refractivity contribution in [2.45, 2.75) is 0 Å². The number of aliphatic hydroxyl groups excluding tert-OH is 2. The fourth-order valence-electron chi connectivity index (χ4n) is 1.24. The second kappa shape index (κ2) is 7.36. The zero-order valence-corrected chi connectivity index (χ0v) is 9.69. The summed E-state index contributed by atoms with van der Waals surface area (Å²) in [7, 11) is 0. The first-order valence-corrected chi connectivity index (χ1v) is 5.37. The average Bonchev–Trinajstić information content (AvgIpc) is 2.37. The van der Waals surface area contributed by atoms with Gasteiger partial charge in [0.15, 0.2) is 0 Å². The number of aliphatic hydroxyl groups is 2. The monoisotopic (exact) mass is 252 g/mol. The van der Waals surface area contributed by atoms with Crippen LogP contribution in [-0.4, -0.2) is 47.5 Å². The van der Waals surface area contributed by atoms with Gasteiger partial charge in [-0.05, 0) is 17.7 Å². The molecule has 7 heteroatoms. The zero-order valence-electron chi connectivity index (χ0n) is 9.69. The summed E-state index contributed by atoms with van der Waals surface area (Å²) in [4.78, 5) is 10.6. The van der Waals surface area contributed by atoms with Crippen LogP contribution in [0.5, 0.6) is 0 Å². The predicted octanol–water partition coefficient (Wildman–Crippen LogP) is -0.665. The van der Waals surface area contributed by atoms with E-state index in [1.54, 1.807) is 6.07 Å². The Morgan fingerprint density at radius 3 is 2.50 bits per heavy atom. The van der Waals surface area contributed by atoms with Crippen molar-refractivity contribution in [2.75, 3.05) is 26.3 Å². The summed E-state index contributed by atoms with van der Waals surface area (Å²) < 4.78 is 0. The van der Waals surface area contributed by atoms with Gasteiger partial charge in [-0.3, -0.25) is 5.01 Å². The Hall–Kier alpha value is -1.99. The molecule has 0 amide bonds. The number of hydrogen-bond donors (Lipinski definition) is 2. The minimum atomic E-state index is -1.28. The molecule has 18 heavy (non-hydrogen) atoms. The summed E-state index contributed by atoms with van der Waals surface area (Å²) in [6.45, 7) is 0.255. The van der Waals surface area contributed by atoms with Crippen LogP contribution in [0.2, 0.25) is 0 Å². The first kappa shape index (κ1) is 14.1. The molecule has 0 aliphatic heterocycles. The van der Waals surface area contributed by atoms with E-state index in [4.69, 9.17) is 10.2 Å². The van der Waals surface area contributed by atoms with Gasteiger partial charge < -0.3 is 20.1 Å². The SMILES string of the molecule is O=C([O-])c1cccc(N=NN(CCO)CCO)c1. The lowest BCUT2D eigenvalue weighted by molar-refractivity contribution is -0.255. The molecular formula is C11H14N3O4-. The normalized spacial score (nSPS) is 10.8. The van der Waals surface area contributed by atoms with Crippen LogP contribution in [0, 0.1) is 0 Å². The third-order valence-corrected chi connectivity index (χ3v) is 2.08. The lowest BCUT2D eigenvalue weighted by Gasteiger charge is -2.14. The topological polar surface area (TPSA) is 109 Å². The summed E-state index contributed by atoms with van der Waals surface area (Å²) >= 11 is 0. The summed E-state index contributed by atoms with van der Waals surface area (Å²) in [5.41, 5.74) is 0.375. The van der Waals surface area contributed by atoms with Crippen LogP contribution < -0.4 is 5.11 Å². The highest BCUT2D eigenvalue weighted by molar-refractivity contribution is 5.86. The molecule has 7 nitrogen and oxygen atoms in total. The molecule has 2 N–H and O–H groups in total. The van der Waals surface area contributed by atoms with Crippen molar-refractivity contribution in [2.24, 2.45) is 10.3 Å². The minimum Gasteiger partial charge on any atom is -0.545 e. The lowest BCUT2D eigenvalue weighted by Crippen LogP contribution is -2.24. The van der Waals surface area contributed by atoms with Crippen molar-refractivity contribution in [3.8, 4) is 0 Å². The molecule has 0 heterocycles. The Morgan fingerprint density at radius 2 is 1.94 bits per heavy atom. The van der Waals surface area contributed by atoms with Crippen molar-refractivity contribution in [3.05, 3.63) is 29.8 Å². The van der Waals surface area contributed by atoms with E-state index >= 15 is 0 Å². The Bertz CT molecular complexity index is 417. The molecule has 0 radical (unpaired) electrons. The van der Waals surface area contributed by atoms with Crippen LogP contribution >= 0.6 is 0 Å². The smallest absolute Gasteiger partial charge is 0.0880 e. The maximum atomic E-state index is 10.6. The van der Waals surface area contributed by atoms with Crippen molar-refractivity contribution in [1.82, 2.24) is 5.01 Å². The Balaban J connectivity index is 2.75. The minimum absolute atomic E-state index is 0.0160. The van der Waals surface area contributed by atoms with Gasteiger partial charge in [-0.25, -0.2) is 0 Å². The van der Waals surface area contributed by atoms with E-state index in [1.165, 1.54) is 23.2 Å². The number of rotatable bonds is 7. The van der Waals surface area contributed by atoms with Crippen molar-refractivity contribution >= 4 is 11.7 Å². The summed E-state index contributed by atoms with van der Waals surface area (Å²) in [5.74, 6) is -1.28. The second-order valence-electron chi connectivity index (χ2n) is 3.43. The van der Waals surface area contributed by atoms with Crippen LogP contribution in [0.3, 0.4) is 0 Å². The van der Waals surface area contributed by atoms with E-state index in [2.05, 4.69) is 10.3 Å². The molecule has 0 aliphatic rings. The van der Waals surface area contributed by atoms with Crippen molar-refractivity contribution in [3.63, 3.8) is 0 Å². The van der Waals surface area contributed by atoms with Crippen LogP contribution in [0.4, 0.5) is 5.69 Å². The molecule has 0 spiro atoms. The van der Waals surface area contributed by atoms with Gasteiger partial charge in [0.2, 0.25) is 0 Å². The van der Waals surface area contributed by atoms with Crippen molar-refractivity contribution in [1.29, 1.82) is 0 Å². The van der Waals surface area contributed by atoms with Gasteiger partial charge in [-0.15, -0.1) is 5.11 Å². The van der Waals surface area contributed by atoms with Crippen LogP contribution in [0.1, 0.15) is 10.4 Å². The standard InChI is InChI=1S/C11H15N3O4/c15-6-4-14(5-7-16)13-12-10-3-1-2-9(8-10)11(17)18/h1-3,8,15-16H,4-7H2,(H,17,18)/p-1. The molecule has 98 valence electrons. The number of nitrogens with zero attached hydrogens (tertiary/aromatic N) is 3. The molecule has 0 unspecified atom stereocenters. The number of carbonyl (C=O) groups excluding carboxylic acids is 1. The molecule has 0 saturated carbocycles. The van der Waals surface area contributed by atoms with Gasteiger partial charge in [0.05, 0.1) is 38.0 Å². The fourth-order valence-corrected chi connectivity index (χ4v) is 1.24. The number of hydrogen-bond acceptors (Lipinski definition) is 6. The molecule has 1 aromatic carbocycles. The summed E-state index contributed by atoms with van der Waals surface area (Å²) in [5, 5.41) is 37.2. The van der Waals surface area contributed by atoms with E-state index in [9.17, 15) is 9.90 Å². The van der Waals surface area contributed by atoms with Gasteiger partial charge in [-0.1, -0.05) is 17.4 Å². The number of benzene rings is 1. The number of carboxylic acids is 1. The van der Waals surface area contributed by atoms with E-state index in [1.807, 2.05) is 0 Å². The third kappa shape index (κ3) is 4.48. The van der Waals surface area contributed by atoms with Crippen LogP contribution in [0.25, 0.3) is 0 Å². The van der Waals surface area contributed by atoms with Gasteiger partial charge in [0.25, 0.3) is 0 Å². The first-order chi connectivity index (χ1) is 8.67. The second-order valence-corrected chi connectivity index (χ2v) is 3.43. The van der Waals surface area contributed by atoms with E-state index in [-0.39, 0.29) is 31.9 Å². The summed E-state index contributed by atoms with van der Waals surface area (Å²) in [6, 6.07) is 5.84. The Morgan fingerprint density at radius 1 is 1.28 bits per heavy atom. The predicted molar refractivity (Wildman–Crippen MR) is 61.0 cm³/mol. The quantitative estimate of drug-likeness (QED) is 0.494. The Labute approximate surface area is 104 Å². The summed E-state index contributed by atoms with van der Waals surface area (Å²) in [6.07, 6.45) is 0. The van der Waals surface area contributed by atoms with Crippen LogP contribution in [0.15, 0.2) is 34.6 Å². The average molecular weight is 252 g/mol. The molecule has 0 atom stereocenters. The maximum absolute atomic E-state index is 10.6. The lowest BCUT2D eigenvalue weighted by atomic mass is 10.2. The Kier molecular flexibility index (Phi) is 5.75. The highest BCUT2D eigenvalue weighted by Gasteiger charge is 2.00. The molecule has 0 fully saturated rings. The van der Waals surface area contributed by atoms with E-state index in [0.29, 0.717) is 5.69 Å². The van der Waals surface area contributed by atoms with Gasteiger partial charge in [0.1, 0.15) is 0 Å². The van der Waals surface area contributed by atoms with Crippen molar-refractivity contribution < 1.29 is 20.1 Å². The van der Waals surface area contributed by atoms with E-state index < -0.39 is 5.97 Å². The third-order valence-electron chi connectivity index (χ3n) is 2.08. The molecule has 0 saturated heterocycles. The largest absolute Gasteiger partial charge is 0.545 e. The van der Waals surface area contributed by atoms with Gasteiger partial charge >= 0.3 is 0 Å².